The standard InChI is InChI=1S/C22H32ClNO4/c1-14(2)19(24-21(27)28-22(4,5)6)20(26)17(18(25)12-15(3)23)13-16-10-8-7-9-11-16/h7-12,14,17-19,25H,13H2,1-6H3,(H,24,27)/t17?,18?,19-/m1/s1. The van der Waals surface area contributed by atoms with E-state index in [9.17, 15) is 14.7 Å². The highest BCUT2D eigenvalue weighted by atomic mass is 35.5. The van der Waals surface area contributed by atoms with Crippen molar-refractivity contribution in [1.82, 2.24) is 5.32 Å². The van der Waals surface area contributed by atoms with Crippen LogP contribution < -0.4 is 5.32 Å². The van der Waals surface area contributed by atoms with E-state index in [1.54, 1.807) is 27.7 Å². The van der Waals surface area contributed by atoms with E-state index in [0.717, 1.165) is 5.56 Å². The van der Waals surface area contributed by atoms with Gasteiger partial charge in [0.1, 0.15) is 5.60 Å². The number of amides is 1. The van der Waals surface area contributed by atoms with Crippen molar-refractivity contribution >= 4 is 23.5 Å². The number of halogens is 1. The number of aliphatic hydroxyl groups excluding tert-OH is 1. The van der Waals surface area contributed by atoms with E-state index < -0.39 is 29.8 Å². The number of hydrogen-bond donors (Lipinski definition) is 2. The van der Waals surface area contributed by atoms with Crippen LogP contribution in [0.3, 0.4) is 0 Å². The van der Waals surface area contributed by atoms with Gasteiger partial charge < -0.3 is 15.2 Å². The Kier molecular flexibility index (Phi) is 9.18. The third-order valence-corrected chi connectivity index (χ3v) is 4.25. The zero-order valence-corrected chi connectivity index (χ0v) is 18.3. The maximum Gasteiger partial charge on any atom is 0.408 e. The summed E-state index contributed by atoms with van der Waals surface area (Å²) in [5.74, 6) is -1.18. The second-order valence-electron chi connectivity index (χ2n) is 8.31. The molecule has 0 bridgehead atoms. The molecule has 0 heterocycles. The average Bonchev–Trinajstić information content (AvgIpc) is 2.55. The molecule has 0 saturated carbocycles. The monoisotopic (exact) mass is 409 g/mol. The third-order valence-electron chi connectivity index (χ3n) is 4.12. The van der Waals surface area contributed by atoms with Crippen molar-refractivity contribution in [2.45, 2.75) is 65.7 Å². The molecule has 28 heavy (non-hydrogen) atoms. The zero-order valence-electron chi connectivity index (χ0n) is 17.5. The normalized spacial score (nSPS) is 15.7. The Balaban J connectivity index is 3.11. The first-order valence-corrected chi connectivity index (χ1v) is 9.87. The number of alkyl carbamates (subject to hydrolysis) is 1. The van der Waals surface area contributed by atoms with Gasteiger partial charge in [0.15, 0.2) is 5.78 Å². The Morgan fingerprint density at radius 3 is 2.25 bits per heavy atom. The summed E-state index contributed by atoms with van der Waals surface area (Å²) < 4.78 is 5.29. The molecule has 0 saturated heterocycles. The summed E-state index contributed by atoms with van der Waals surface area (Å²) in [5, 5.41) is 13.7. The molecule has 0 aliphatic carbocycles. The van der Waals surface area contributed by atoms with E-state index in [0.29, 0.717) is 11.5 Å². The lowest BCUT2D eigenvalue weighted by Crippen LogP contribution is -2.50. The van der Waals surface area contributed by atoms with Gasteiger partial charge in [-0.15, -0.1) is 0 Å². The van der Waals surface area contributed by atoms with Gasteiger partial charge in [0.25, 0.3) is 0 Å². The molecule has 5 nitrogen and oxygen atoms in total. The first kappa shape index (κ1) is 24.2. The summed E-state index contributed by atoms with van der Waals surface area (Å²) in [6.07, 6.45) is 0.0713. The van der Waals surface area contributed by atoms with Crippen LogP contribution in [0.2, 0.25) is 0 Å². The Morgan fingerprint density at radius 2 is 1.79 bits per heavy atom. The van der Waals surface area contributed by atoms with E-state index in [2.05, 4.69) is 5.32 Å². The largest absolute Gasteiger partial charge is 0.444 e. The van der Waals surface area contributed by atoms with Crippen LogP contribution in [0, 0.1) is 11.8 Å². The number of hydrogen-bond acceptors (Lipinski definition) is 4. The van der Waals surface area contributed by atoms with Gasteiger partial charge in [-0.05, 0) is 51.7 Å². The number of Topliss-reactive ketones (excluding diaryl/α,β-unsaturated/α-hetero) is 1. The molecular formula is C22H32ClNO4. The molecule has 156 valence electrons. The van der Waals surface area contributed by atoms with Crippen LogP contribution in [0.4, 0.5) is 4.79 Å². The smallest absolute Gasteiger partial charge is 0.408 e. The van der Waals surface area contributed by atoms with Crippen LogP contribution in [0.1, 0.15) is 47.1 Å². The van der Waals surface area contributed by atoms with Crippen molar-refractivity contribution < 1.29 is 19.4 Å². The summed E-state index contributed by atoms with van der Waals surface area (Å²) in [7, 11) is 0. The van der Waals surface area contributed by atoms with Crippen LogP contribution >= 0.6 is 11.6 Å². The summed E-state index contributed by atoms with van der Waals surface area (Å²) in [5.41, 5.74) is 0.246. The van der Waals surface area contributed by atoms with E-state index >= 15 is 0 Å². The number of benzene rings is 1. The molecule has 0 fully saturated rings. The number of allylic oxidation sites excluding steroid dienone is 1. The third kappa shape index (κ3) is 8.44. The lowest BCUT2D eigenvalue weighted by atomic mass is 9.83. The predicted octanol–water partition coefficient (Wildman–Crippen LogP) is 4.47. The van der Waals surface area contributed by atoms with E-state index in [4.69, 9.17) is 16.3 Å². The van der Waals surface area contributed by atoms with Crippen LogP contribution in [-0.4, -0.2) is 34.7 Å². The Morgan fingerprint density at radius 1 is 1.21 bits per heavy atom. The lowest BCUT2D eigenvalue weighted by molar-refractivity contribution is -0.128. The molecule has 0 aliphatic heterocycles. The molecular weight excluding hydrogens is 378 g/mol. The van der Waals surface area contributed by atoms with Gasteiger partial charge in [-0.1, -0.05) is 55.8 Å². The minimum Gasteiger partial charge on any atom is -0.444 e. The fourth-order valence-electron chi connectivity index (χ4n) is 2.84. The van der Waals surface area contributed by atoms with Crippen molar-refractivity contribution in [3.63, 3.8) is 0 Å². The number of nitrogens with one attached hydrogen (secondary N) is 1. The van der Waals surface area contributed by atoms with Crippen molar-refractivity contribution in [1.29, 1.82) is 0 Å². The maximum absolute atomic E-state index is 13.3. The Bertz CT molecular complexity index is 676. The van der Waals surface area contributed by atoms with E-state index in [-0.39, 0.29) is 11.7 Å². The molecule has 1 rings (SSSR count). The SMILES string of the molecule is CC(Cl)=CC(O)C(Cc1ccccc1)C(=O)[C@H](NC(=O)OC(C)(C)C)C(C)C. The molecule has 2 N–H and O–H groups in total. The van der Waals surface area contributed by atoms with E-state index in [1.165, 1.54) is 6.08 Å². The minimum atomic E-state index is -1.06. The van der Waals surface area contributed by atoms with Crippen molar-refractivity contribution in [3.8, 4) is 0 Å². The van der Waals surface area contributed by atoms with Gasteiger partial charge in [-0.3, -0.25) is 4.79 Å². The van der Waals surface area contributed by atoms with Crippen molar-refractivity contribution in [2.75, 3.05) is 0 Å². The van der Waals surface area contributed by atoms with Crippen LogP contribution in [0.5, 0.6) is 0 Å². The lowest BCUT2D eigenvalue weighted by Gasteiger charge is -2.29. The van der Waals surface area contributed by atoms with Crippen LogP contribution in [0.25, 0.3) is 0 Å². The minimum absolute atomic E-state index is 0.174. The summed E-state index contributed by atoms with van der Waals surface area (Å²) in [6, 6.07) is 8.66. The topological polar surface area (TPSA) is 75.6 Å². The fourth-order valence-corrected chi connectivity index (χ4v) is 2.97. The maximum atomic E-state index is 13.3. The Hall–Kier alpha value is -1.85. The van der Waals surface area contributed by atoms with Crippen molar-refractivity contribution in [3.05, 3.63) is 47.0 Å². The summed E-state index contributed by atoms with van der Waals surface area (Å²) in [6.45, 7) is 10.6. The first-order chi connectivity index (χ1) is 12.9. The van der Waals surface area contributed by atoms with Gasteiger partial charge in [-0.25, -0.2) is 4.79 Å². The molecule has 6 heteroatoms. The number of aliphatic hydroxyl groups is 1. The number of ketones is 1. The number of carbonyl (C=O) groups excluding carboxylic acids is 2. The molecule has 1 aromatic carbocycles. The molecule has 0 aliphatic rings. The van der Waals surface area contributed by atoms with Crippen LogP contribution in [0.15, 0.2) is 41.4 Å². The highest BCUT2D eigenvalue weighted by Gasteiger charge is 2.35. The zero-order chi connectivity index (χ0) is 21.5. The number of rotatable bonds is 8. The fraction of sp³-hybridized carbons (Fsp3) is 0.545. The van der Waals surface area contributed by atoms with Gasteiger partial charge in [0, 0.05) is 5.03 Å². The molecule has 0 radical (unpaired) electrons. The van der Waals surface area contributed by atoms with E-state index in [1.807, 2.05) is 44.2 Å². The number of carbonyl (C=O) groups is 2. The molecule has 0 aromatic heterocycles. The second kappa shape index (κ2) is 10.6. The van der Waals surface area contributed by atoms with Crippen molar-refractivity contribution in [2.24, 2.45) is 11.8 Å². The highest BCUT2D eigenvalue weighted by molar-refractivity contribution is 6.29. The van der Waals surface area contributed by atoms with Gasteiger partial charge in [0.05, 0.1) is 18.1 Å². The van der Waals surface area contributed by atoms with Gasteiger partial charge in [0.2, 0.25) is 0 Å². The van der Waals surface area contributed by atoms with Gasteiger partial charge >= 0.3 is 6.09 Å². The predicted molar refractivity (Wildman–Crippen MR) is 112 cm³/mol. The summed E-state index contributed by atoms with van der Waals surface area (Å²) >= 11 is 5.92. The molecule has 2 unspecified atom stereocenters. The first-order valence-electron chi connectivity index (χ1n) is 9.50. The average molecular weight is 410 g/mol. The Labute approximate surface area is 173 Å². The molecule has 0 spiro atoms. The highest BCUT2D eigenvalue weighted by Crippen LogP contribution is 2.21. The summed E-state index contributed by atoms with van der Waals surface area (Å²) in [4.78, 5) is 25.5. The number of ether oxygens (including phenoxy) is 1. The van der Waals surface area contributed by atoms with Gasteiger partial charge in [-0.2, -0.15) is 0 Å². The molecule has 3 atom stereocenters. The molecule has 1 amide bonds. The van der Waals surface area contributed by atoms with Crippen LogP contribution in [-0.2, 0) is 16.0 Å². The molecule has 1 aromatic rings. The second-order valence-corrected chi connectivity index (χ2v) is 8.91. The quantitative estimate of drug-likeness (QED) is 0.664.